The first kappa shape index (κ1) is 15.8. The molecule has 1 N–H and O–H groups in total. The molecule has 0 fully saturated rings. The number of aryl methyl sites for hydroxylation is 1. The van der Waals surface area contributed by atoms with Crippen LogP contribution < -0.4 is 5.32 Å². The van der Waals surface area contributed by atoms with E-state index in [1.807, 2.05) is 37.3 Å². The Morgan fingerprint density at radius 3 is 2.50 bits per heavy atom. The molecule has 2 aromatic carbocycles. The molecule has 0 unspecified atom stereocenters. The molecule has 1 amide bonds. The molecule has 0 bridgehead atoms. The van der Waals surface area contributed by atoms with Gasteiger partial charge in [-0.2, -0.15) is 0 Å². The van der Waals surface area contributed by atoms with Crippen LogP contribution in [0.1, 0.15) is 34.0 Å². The van der Waals surface area contributed by atoms with Crippen LogP contribution in [-0.2, 0) is 16.0 Å². The minimum Gasteiger partial charge on any atom is -0.465 e. The highest BCUT2D eigenvalue weighted by Crippen LogP contribution is 2.23. The fourth-order valence-corrected chi connectivity index (χ4v) is 2.34. The Balaban J connectivity index is 2.39. The molecule has 0 aliphatic heterocycles. The third kappa shape index (κ3) is 3.73. The van der Waals surface area contributed by atoms with Gasteiger partial charge in [-0.05, 0) is 35.7 Å². The summed E-state index contributed by atoms with van der Waals surface area (Å²) < 4.78 is 4.82. The van der Waals surface area contributed by atoms with E-state index < -0.39 is 0 Å². The molecule has 0 heterocycles. The smallest absolute Gasteiger partial charge is 0.338 e. The van der Waals surface area contributed by atoms with Gasteiger partial charge in [0.15, 0.2) is 0 Å². The topological polar surface area (TPSA) is 55.4 Å². The summed E-state index contributed by atoms with van der Waals surface area (Å²) in [7, 11) is 1.37. The number of carbonyl (C=O) groups is 2. The highest BCUT2D eigenvalue weighted by molar-refractivity contribution is 5.92. The van der Waals surface area contributed by atoms with Crippen LogP contribution in [0.3, 0.4) is 0 Å². The molecule has 2 rings (SSSR count). The van der Waals surface area contributed by atoms with E-state index in [2.05, 4.69) is 5.32 Å². The minimum atomic E-state index is -0.358. The number of benzene rings is 2. The zero-order chi connectivity index (χ0) is 16.1. The van der Waals surface area contributed by atoms with E-state index in [1.54, 1.807) is 12.1 Å². The van der Waals surface area contributed by atoms with Crippen LogP contribution in [0.2, 0.25) is 0 Å². The standard InChI is InChI=1S/C18H19NO3/c1-12-8-9-15(17(10-12)19-13(2)20)11-14-6-4-5-7-16(14)18(21)22-3/h4-10H,11H2,1-3H3,(H,19,20). The number of rotatable bonds is 4. The third-order valence-electron chi connectivity index (χ3n) is 3.38. The number of hydrogen-bond acceptors (Lipinski definition) is 3. The molecule has 0 aliphatic rings. The second-order valence-electron chi connectivity index (χ2n) is 5.17. The van der Waals surface area contributed by atoms with Gasteiger partial charge in [0, 0.05) is 19.0 Å². The summed E-state index contributed by atoms with van der Waals surface area (Å²) >= 11 is 0. The second kappa shape index (κ2) is 6.89. The third-order valence-corrected chi connectivity index (χ3v) is 3.38. The first-order valence-electron chi connectivity index (χ1n) is 7.04. The normalized spacial score (nSPS) is 10.1. The van der Waals surface area contributed by atoms with Crippen LogP contribution in [-0.4, -0.2) is 19.0 Å². The number of carbonyl (C=O) groups excluding carboxylic acids is 2. The van der Waals surface area contributed by atoms with Gasteiger partial charge in [-0.3, -0.25) is 4.79 Å². The van der Waals surface area contributed by atoms with Crippen molar-refractivity contribution in [1.82, 2.24) is 0 Å². The van der Waals surface area contributed by atoms with E-state index in [9.17, 15) is 9.59 Å². The fourth-order valence-electron chi connectivity index (χ4n) is 2.34. The average molecular weight is 297 g/mol. The van der Waals surface area contributed by atoms with Crippen molar-refractivity contribution in [2.45, 2.75) is 20.3 Å². The van der Waals surface area contributed by atoms with Gasteiger partial charge in [0.2, 0.25) is 5.91 Å². The monoisotopic (exact) mass is 297 g/mol. The van der Waals surface area contributed by atoms with Crippen LogP contribution in [0, 0.1) is 6.92 Å². The molecule has 0 saturated heterocycles. The van der Waals surface area contributed by atoms with Crippen LogP contribution in [0.4, 0.5) is 5.69 Å². The summed E-state index contributed by atoms with van der Waals surface area (Å²) in [5.74, 6) is -0.475. The molecule has 0 aromatic heterocycles. The lowest BCUT2D eigenvalue weighted by atomic mass is 9.97. The van der Waals surface area contributed by atoms with E-state index in [-0.39, 0.29) is 11.9 Å². The maximum Gasteiger partial charge on any atom is 0.338 e. The highest BCUT2D eigenvalue weighted by Gasteiger charge is 2.13. The van der Waals surface area contributed by atoms with Crippen LogP contribution >= 0.6 is 0 Å². The van der Waals surface area contributed by atoms with E-state index in [0.717, 1.165) is 22.4 Å². The van der Waals surface area contributed by atoms with Gasteiger partial charge < -0.3 is 10.1 Å². The lowest BCUT2D eigenvalue weighted by Crippen LogP contribution is -2.10. The second-order valence-corrected chi connectivity index (χ2v) is 5.17. The van der Waals surface area contributed by atoms with Gasteiger partial charge >= 0.3 is 5.97 Å². The molecule has 0 atom stereocenters. The van der Waals surface area contributed by atoms with Gasteiger partial charge in [-0.1, -0.05) is 30.3 Å². The Morgan fingerprint density at radius 2 is 1.82 bits per heavy atom. The van der Waals surface area contributed by atoms with Crippen molar-refractivity contribution in [3.8, 4) is 0 Å². The van der Waals surface area contributed by atoms with E-state index in [1.165, 1.54) is 14.0 Å². The van der Waals surface area contributed by atoms with E-state index in [0.29, 0.717) is 12.0 Å². The van der Waals surface area contributed by atoms with Gasteiger partial charge in [0.25, 0.3) is 0 Å². The quantitative estimate of drug-likeness (QED) is 0.881. The number of methoxy groups -OCH3 is 1. The number of nitrogens with one attached hydrogen (secondary N) is 1. The lowest BCUT2D eigenvalue weighted by Gasteiger charge is -2.13. The lowest BCUT2D eigenvalue weighted by molar-refractivity contribution is -0.114. The molecular weight excluding hydrogens is 278 g/mol. The van der Waals surface area contributed by atoms with Crippen LogP contribution in [0.25, 0.3) is 0 Å². The van der Waals surface area contributed by atoms with Gasteiger partial charge in [-0.15, -0.1) is 0 Å². The SMILES string of the molecule is COC(=O)c1ccccc1Cc1ccc(C)cc1NC(C)=O. The summed E-state index contributed by atoms with van der Waals surface area (Å²) in [5.41, 5.74) is 4.20. The Morgan fingerprint density at radius 1 is 1.09 bits per heavy atom. The number of hydrogen-bond donors (Lipinski definition) is 1. The number of amides is 1. The Bertz CT molecular complexity index is 707. The minimum absolute atomic E-state index is 0.117. The molecule has 0 spiro atoms. The maximum absolute atomic E-state index is 11.8. The highest BCUT2D eigenvalue weighted by atomic mass is 16.5. The van der Waals surface area contributed by atoms with Gasteiger partial charge in [0.05, 0.1) is 12.7 Å². The molecule has 0 radical (unpaired) electrons. The van der Waals surface area contributed by atoms with Crippen molar-refractivity contribution in [1.29, 1.82) is 0 Å². The van der Waals surface area contributed by atoms with Crippen molar-refractivity contribution in [2.24, 2.45) is 0 Å². The van der Waals surface area contributed by atoms with Gasteiger partial charge in [0.1, 0.15) is 0 Å². The first-order valence-corrected chi connectivity index (χ1v) is 7.04. The molecular formula is C18H19NO3. The molecule has 22 heavy (non-hydrogen) atoms. The molecule has 4 nitrogen and oxygen atoms in total. The zero-order valence-corrected chi connectivity index (χ0v) is 13.0. The first-order chi connectivity index (χ1) is 10.5. The summed E-state index contributed by atoms with van der Waals surface area (Å²) in [4.78, 5) is 23.2. The number of ether oxygens (including phenoxy) is 1. The summed E-state index contributed by atoms with van der Waals surface area (Å²) in [6, 6.07) is 13.2. The molecule has 0 saturated carbocycles. The predicted molar refractivity (Wildman–Crippen MR) is 86.1 cm³/mol. The largest absolute Gasteiger partial charge is 0.465 e. The molecule has 4 heteroatoms. The van der Waals surface area contributed by atoms with Crippen molar-refractivity contribution < 1.29 is 14.3 Å². The van der Waals surface area contributed by atoms with Crippen molar-refractivity contribution in [2.75, 3.05) is 12.4 Å². The van der Waals surface area contributed by atoms with Crippen LogP contribution in [0.5, 0.6) is 0 Å². The number of esters is 1. The molecule has 114 valence electrons. The summed E-state index contributed by atoms with van der Waals surface area (Å²) in [6.45, 7) is 3.45. The van der Waals surface area contributed by atoms with Gasteiger partial charge in [-0.25, -0.2) is 4.79 Å². The molecule has 2 aromatic rings. The van der Waals surface area contributed by atoms with Crippen molar-refractivity contribution in [3.05, 3.63) is 64.7 Å². The predicted octanol–water partition coefficient (Wildman–Crippen LogP) is 3.33. The Labute approximate surface area is 130 Å². The van der Waals surface area contributed by atoms with Crippen molar-refractivity contribution in [3.63, 3.8) is 0 Å². The summed E-state index contributed by atoms with van der Waals surface area (Å²) in [6.07, 6.45) is 0.543. The van der Waals surface area contributed by atoms with E-state index >= 15 is 0 Å². The number of anilines is 1. The molecule has 0 aliphatic carbocycles. The maximum atomic E-state index is 11.8. The zero-order valence-electron chi connectivity index (χ0n) is 13.0. The van der Waals surface area contributed by atoms with E-state index in [4.69, 9.17) is 4.74 Å². The van der Waals surface area contributed by atoms with Crippen molar-refractivity contribution >= 4 is 17.6 Å². The fraction of sp³-hybridized carbons (Fsp3) is 0.222. The summed E-state index contributed by atoms with van der Waals surface area (Å²) in [5, 5.41) is 2.84. The average Bonchev–Trinajstić information content (AvgIpc) is 2.49. The van der Waals surface area contributed by atoms with Crippen LogP contribution in [0.15, 0.2) is 42.5 Å². The Kier molecular flexibility index (Phi) is 4.94. The Hall–Kier alpha value is -2.62.